The van der Waals surface area contributed by atoms with Crippen LogP contribution in [0.4, 0.5) is 0 Å². The third-order valence-corrected chi connectivity index (χ3v) is 4.97. The van der Waals surface area contributed by atoms with Crippen LogP contribution < -0.4 is 5.43 Å². The minimum absolute atomic E-state index is 0.253. The van der Waals surface area contributed by atoms with E-state index in [2.05, 4.69) is 25.5 Å². The van der Waals surface area contributed by atoms with Gasteiger partial charge in [-0.25, -0.2) is 10.4 Å². The summed E-state index contributed by atoms with van der Waals surface area (Å²) in [5, 5.41) is 4.84. The quantitative estimate of drug-likeness (QED) is 0.297. The summed E-state index contributed by atoms with van der Waals surface area (Å²) in [5.41, 5.74) is 7.00. The number of amides is 1. The molecule has 0 fully saturated rings. The first-order valence-electron chi connectivity index (χ1n) is 8.68. The lowest BCUT2D eigenvalue weighted by molar-refractivity contribution is 0.0955. The van der Waals surface area contributed by atoms with E-state index in [9.17, 15) is 4.79 Å². The number of rotatable bonds is 6. The maximum atomic E-state index is 12.2. The number of aromatic nitrogens is 3. The summed E-state index contributed by atoms with van der Waals surface area (Å²) in [4.78, 5) is 24.0. The van der Waals surface area contributed by atoms with Gasteiger partial charge in [-0.15, -0.1) is 0 Å². The lowest BCUT2D eigenvalue weighted by atomic mass is 10.1. The highest BCUT2D eigenvalue weighted by molar-refractivity contribution is 7.98. The first kappa shape index (κ1) is 17.9. The first-order valence-corrected chi connectivity index (χ1v) is 9.66. The Morgan fingerprint density at radius 2 is 1.96 bits per heavy atom. The van der Waals surface area contributed by atoms with Crippen molar-refractivity contribution < 1.29 is 4.79 Å². The number of para-hydroxylation sites is 2. The van der Waals surface area contributed by atoms with Gasteiger partial charge in [0.25, 0.3) is 5.91 Å². The van der Waals surface area contributed by atoms with Crippen molar-refractivity contribution in [2.75, 3.05) is 0 Å². The average Bonchev–Trinajstić information content (AvgIpc) is 3.16. The predicted octanol–water partition coefficient (Wildman–Crippen LogP) is 4.01. The van der Waals surface area contributed by atoms with E-state index in [1.165, 1.54) is 0 Å². The van der Waals surface area contributed by atoms with Crippen LogP contribution in [0.1, 0.15) is 21.5 Å². The van der Waals surface area contributed by atoms with Crippen LogP contribution in [-0.2, 0) is 5.75 Å². The number of hydrogen-bond acceptors (Lipinski definition) is 5. The average molecular weight is 387 g/mol. The van der Waals surface area contributed by atoms with E-state index < -0.39 is 0 Å². The monoisotopic (exact) mass is 387 g/mol. The van der Waals surface area contributed by atoms with Gasteiger partial charge < -0.3 is 4.98 Å². The molecular formula is C21H17N5OS. The fourth-order valence-electron chi connectivity index (χ4n) is 2.58. The Bertz CT molecular complexity index is 1070. The summed E-state index contributed by atoms with van der Waals surface area (Å²) in [6.45, 7) is 0. The van der Waals surface area contributed by atoms with Crippen molar-refractivity contribution >= 4 is 34.9 Å². The molecule has 0 aliphatic carbocycles. The number of imidazole rings is 1. The standard InChI is InChI=1S/C21H17N5OS/c27-20(26-23-13-16-4-3-11-22-12-16)17-9-7-15(8-10-17)14-28-21-24-18-5-1-2-6-19(18)25-21/h1-13H,14H2,(H,24,25)(H,26,27)/b23-13+. The van der Waals surface area contributed by atoms with Crippen molar-refractivity contribution in [2.45, 2.75) is 10.9 Å². The molecule has 0 saturated heterocycles. The number of hydrazone groups is 1. The van der Waals surface area contributed by atoms with E-state index >= 15 is 0 Å². The zero-order valence-corrected chi connectivity index (χ0v) is 15.7. The van der Waals surface area contributed by atoms with Gasteiger partial charge in [-0.1, -0.05) is 42.1 Å². The molecular weight excluding hydrogens is 370 g/mol. The number of nitrogens with one attached hydrogen (secondary N) is 2. The Hall–Kier alpha value is -3.45. The van der Waals surface area contributed by atoms with E-state index in [1.54, 1.807) is 42.5 Å². The number of hydrogen-bond donors (Lipinski definition) is 2. The molecule has 7 heteroatoms. The number of H-pyrrole nitrogens is 1. The van der Waals surface area contributed by atoms with Crippen LogP contribution in [0.5, 0.6) is 0 Å². The second kappa shape index (κ2) is 8.49. The van der Waals surface area contributed by atoms with Gasteiger partial charge in [0.2, 0.25) is 0 Å². The van der Waals surface area contributed by atoms with Gasteiger partial charge in [-0.3, -0.25) is 9.78 Å². The van der Waals surface area contributed by atoms with Gasteiger partial charge >= 0.3 is 0 Å². The first-order chi connectivity index (χ1) is 13.8. The molecule has 2 aromatic carbocycles. The number of thioether (sulfide) groups is 1. The van der Waals surface area contributed by atoms with E-state index in [1.807, 2.05) is 48.5 Å². The molecule has 0 aliphatic heterocycles. The van der Waals surface area contributed by atoms with E-state index in [4.69, 9.17) is 0 Å². The topological polar surface area (TPSA) is 83.0 Å². The van der Waals surface area contributed by atoms with E-state index in [0.29, 0.717) is 5.56 Å². The summed E-state index contributed by atoms with van der Waals surface area (Å²) in [6.07, 6.45) is 4.91. The fourth-order valence-corrected chi connectivity index (χ4v) is 3.42. The summed E-state index contributed by atoms with van der Waals surface area (Å²) in [5.74, 6) is 0.512. The SMILES string of the molecule is O=C(N/N=C/c1cccnc1)c1ccc(CSc2nc3ccccc3[nH]2)cc1. The zero-order chi connectivity index (χ0) is 19.2. The molecule has 0 aliphatic rings. The summed E-state index contributed by atoms with van der Waals surface area (Å²) in [6, 6.07) is 19.1. The highest BCUT2D eigenvalue weighted by Crippen LogP contribution is 2.23. The molecule has 0 unspecified atom stereocenters. The summed E-state index contributed by atoms with van der Waals surface area (Å²) >= 11 is 1.63. The molecule has 138 valence electrons. The molecule has 6 nitrogen and oxygen atoms in total. The van der Waals surface area contributed by atoms with Gasteiger partial charge in [-0.2, -0.15) is 5.10 Å². The number of fused-ring (bicyclic) bond motifs is 1. The van der Waals surface area contributed by atoms with E-state index in [0.717, 1.165) is 33.1 Å². The van der Waals surface area contributed by atoms with Gasteiger partial charge in [-0.05, 0) is 35.9 Å². The molecule has 0 atom stereocenters. The highest BCUT2D eigenvalue weighted by atomic mass is 32.2. The lowest BCUT2D eigenvalue weighted by Gasteiger charge is -2.03. The number of benzene rings is 2. The van der Waals surface area contributed by atoms with Gasteiger partial charge in [0.05, 0.1) is 17.2 Å². The van der Waals surface area contributed by atoms with Crippen molar-refractivity contribution in [1.82, 2.24) is 20.4 Å². The van der Waals surface area contributed by atoms with Crippen LogP contribution in [-0.4, -0.2) is 27.1 Å². The highest BCUT2D eigenvalue weighted by Gasteiger charge is 2.06. The maximum Gasteiger partial charge on any atom is 0.271 e. The molecule has 0 radical (unpaired) electrons. The van der Waals surface area contributed by atoms with Gasteiger partial charge in [0.15, 0.2) is 5.16 Å². The Kier molecular flexibility index (Phi) is 5.44. The summed E-state index contributed by atoms with van der Waals surface area (Å²) in [7, 11) is 0. The Balaban J connectivity index is 1.32. The van der Waals surface area contributed by atoms with Crippen molar-refractivity contribution in [2.24, 2.45) is 5.10 Å². The number of nitrogens with zero attached hydrogens (tertiary/aromatic N) is 3. The van der Waals surface area contributed by atoms with Gasteiger partial charge in [0.1, 0.15) is 0 Å². The molecule has 0 saturated carbocycles. The van der Waals surface area contributed by atoms with Crippen LogP contribution in [0.25, 0.3) is 11.0 Å². The van der Waals surface area contributed by atoms with Crippen LogP contribution >= 0.6 is 11.8 Å². The third-order valence-electron chi connectivity index (χ3n) is 4.02. The second-order valence-corrected chi connectivity index (χ2v) is 6.99. The zero-order valence-electron chi connectivity index (χ0n) is 14.9. The third kappa shape index (κ3) is 4.44. The smallest absolute Gasteiger partial charge is 0.271 e. The predicted molar refractivity (Wildman–Crippen MR) is 111 cm³/mol. The number of carbonyl (C=O) groups is 1. The Labute approximate surface area is 166 Å². The number of pyridine rings is 1. The molecule has 2 aromatic heterocycles. The largest absolute Gasteiger partial charge is 0.333 e. The molecule has 28 heavy (non-hydrogen) atoms. The van der Waals surface area contributed by atoms with Crippen LogP contribution in [0.2, 0.25) is 0 Å². The minimum Gasteiger partial charge on any atom is -0.333 e. The molecule has 1 amide bonds. The van der Waals surface area contributed by atoms with Crippen LogP contribution in [0, 0.1) is 0 Å². The number of aromatic amines is 1. The molecule has 2 N–H and O–H groups in total. The molecule has 4 rings (SSSR count). The van der Waals surface area contributed by atoms with Crippen molar-refractivity contribution in [3.8, 4) is 0 Å². The molecule has 0 bridgehead atoms. The van der Waals surface area contributed by atoms with Crippen LogP contribution in [0.15, 0.2) is 83.3 Å². The lowest BCUT2D eigenvalue weighted by Crippen LogP contribution is -2.17. The Morgan fingerprint density at radius 3 is 2.75 bits per heavy atom. The van der Waals surface area contributed by atoms with Crippen molar-refractivity contribution in [1.29, 1.82) is 0 Å². The van der Waals surface area contributed by atoms with Crippen molar-refractivity contribution in [3.05, 3.63) is 89.7 Å². The molecule has 0 spiro atoms. The Morgan fingerprint density at radius 1 is 1.11 bits per heavy atom. The maximum absolute atomic E-state index is 12.2. The second-order valence-electron chi connectivity index (χ2n) is 6.03. The van der Waals surface area contributed by atoms with Gasteiger partial charge in [0, 0.05) is 29.3 Å². The fraction of sp³-hybridized carbons (Fsp3) is 0.0476. The number of carbonyl (C=O) groups excluding carboxylic acids is 1. The molecule has 4 aromatic rings. The summed E-state index contributed by atoms with van der Waals surface area (Å²) < 4.78 is 0. The van der Waals surface area contributed by atoms with Crippen molar-refractivity contribution in [3.63, 3.8) is 0 Å². The van der Waals surface area contributed by atoms with E-state index in [-0.39, 0.29) is 5.91 Å². The minimum atomic E-state index is -0.253. The normalized spacial score (nSPS) is 11.1. The molecule has 2 heterocycles. The van der Waals surface area contributed by atoms with Crippen LogP contribution in [0.3, 0.4) is 0 Å².